The van der Waals surface area contributed by atoms with Crippen LogP contribution in [0.4, 0.5) is 0 Å². The molecule has 2 aromatic heterocycles. The van der Waals surface area contributed by atoms with E-state index >= 15 is 0 Å². The molecule has 2 heterocycles. The van der Waals surface area contributed by atoms with Crippen molar-refractivity contribution < 1.29 is 9.53 Å². The summed E-state index contributed by atoms with van der Waals surface area (Å²) in [5.74, 6) is -0.141. The van der Waals surface area contributed by atoms with E-state index in [1.807, 2.05) is 24.4 Å². The lowest BCUT2D eigenvalue weighted by Gasteiger charge is -2.12. The summed E-state index contributed by atoms with van der Waals surface area (Å²) in [5, 5.41) is 1.92. The zero-order valence-electron chi connectivity index (χ0n) is 15.2. The molecule has 0 amide bonds. The molecular formula is C21H23ClN2O2. The Balaban J connectivity index is 1.89. The van der Waals surface area contributed by atoms with Crippen LogP contribution in [0, 0.1) is 6.92 Å². The van der Waals surface area contributed by atoms with E-state index in [4.69, 9.17) is 16.3 Å². The van der Waals surface area contributed by atoms with Gasteiger partial charge in [-0.25, -0.2) is 0 Å². The van der Waals surface area contributed by atoms with Gasteiger partial charge in [0.2, 0.25) is 0 Å². The second kappa shape index (κ2) is 8.37. The molecule has 0 aliphatic heterocycles. The third kappa shape index (κ3) is 3.91. The third-order valence-corrected chi connectivity index (χ3v) is 4.94. The van der Waals surface area contributed by atoms with Crippen molar-refractivity contribution in [2.75, 3.05) is 7.11 Å². The van der Waals surface area contributed by atoms with Crippen molar-refractivity contribution in [1.29, 1.82) is 0 Å². The van der Waals surface area contributed by atoms with Crippen LogP contribution in [-0.4, -0.2) is 22.6 Å². The van der Waals surface area contributed by atoms with Gasteiger partial charge in [-0.2, -0.15) is 0 Å². The van der Waals surface area contributed by atoms with Gasteiger partial charge in [0.1, 0.15) is 0 Å². The Hall–Kier alpha value is -2.33. The first-order valence-corrected chi connectivity index (χ1v) is 9.25. The number of unbranched alkanes of at least 4 members (excludes halogenated alkanes) is 2. The van der Waals surface area contributed by atoms with E-state index in [1.165, 1.54) is 29.3 Å². The molecule has 136 valence electrons. The Bertz CT molecular complexity index is 903. The van der Waals surface area contributed by atoms with Crippen molar-refractivity contribution >= 4 is 28.5 Å². The Morgan fingerprint density at radius 1 is 1.23 bits per heavy atom. The van der Waals surface area contributed by atoms with Crippen molar-refractivity contribution in [2.24, 2.45) is 0 Å². The highest BCUT2D eigenvalue weighted by molar-refractivity contribution is 6.31. The molecule has 4 nitrogen and oxygen atoms in total. The summed E-state index contributed by atoms with van der Waals surface area (Å²) < 4.78 is 7.04. The molecule has 0 atom stereocenters. The van der Waals surface area contributed by atoms with Gasteiger partial charge in [-0.15, -0.1) is 0 Å². The van der Waals surface area contributed by atoms with Gasteiger partial charge >= 0.3 is 5.97 Å². The van der Waals surface area contributed by atoms with Crippen molar-refractivity contribution in [3.63, 3.8) is 0 Å². The average Bonchev–Trinajstić information content (AvgIpc) is 2.93. The van der Waals surface area contributed by atoms with Gasteiger partial charge in [-0.3, -0.25) is 9.78 Å². The van der Waals surface area contributed by atoms with Crippen LogP contribution in [0.3, 0.4) is 0 Å². The molecule has 3 aromatic rings. The molecule has 0 aliphatic carbocycles. The molecule has 0 unspecified atom stereocenters. The van der Waals surface area contributed by atoms with Gasteiger partial charge < -0.3 is 9.30 Å². The maximum absolute atomic E-state index is 11.2. The highest BCUT2D eigenvalue weighted by Gasteiger charge is 2.16. The molecule has 0 fully saturated rings. The van der Waals surface area contributed by atoms with E-state index < -0.39 is 0 Å². The van der Waals surface area contributed by atoms with Crippen molar-refractivity contribution in [3.05, 3.63) is 53.3 Å². The number of aromatic nitrogens is 2. The molecule has 3 rings (SSSR count). The Morgan fingerprint density at radius 3 is 2.81 bits per heavy atom. The molecule has 0 radical (unpaired) electrons. The number of fused-ring (bicyclic) bond motifs is 1. The predicted molar refractivity (Wildman–Crippen MR) is 105 cm³/mol. The molecule has 0 spiro atoms. The number of hydrogen-bond acceptors (Lipinski definition) is 3. The number of esters is 1. The lowest BCUT2D eigenvalue weighted by atomic mass is 10.1. The fraction of sp³-hybridized carbons (Fsp3) is 0.333. The number of carbonyl (C=O) groups is 1. The molecule has 0 saturated heterocycles. The summed E-state index contributed by atoms with van der Waals surface area (Å²) >= 11 is 6.22. The lowest BCUT2D eigenvalue weighted by molar-refractivity contribution is -0.140. The predicted octanol–water partition coefficient (Wildman–Crippen LogP) is 5.40. The maximum Gasteiger partial charge on any atom is 0.305 e. The van der Waals surface area contributed by atoms with E-state index in [2.05, 4.69) is 28.6 Å². The van der Waals surface area contributed by atoms with E-state index in [0.29, 0.717) is 6.42 Å². The Morgan fingerprint density at radius 2 is 2.08 bits per heavy atom. The first-order valence-electron chi connectivity index (χ1n) is 8.87. The van der Waals surface area contributed by atoms with Crippen LogP contribution < -0.4 is 0 Å². The number of rotatable bonds is 7. The van der Waals surface area contributed by atoms with E-state index in [1.54, 1.807) is 6.20 Å². The van der Waals surface area contributed by atoms with Crippen LogP contribution in [0.2, 0.25) is 5.02 Å². The van der Waals surface area contributed by atoms with Crippen LogP contribution in [0.15, 0.2) is 42.7 Å². The zero-order valence-corrected chi connectivity index (χ0v) is 15.9. The minimum absolute atomic E-state index is 0.141. The van der Waals surface area contributed by atoms with Crippen LogP contribution in [0.1, 0.15) is 31.2 Å². The molecule has 5 heteroatoms. The Kier molecular flexibility index (Phi) is 5.94. The normalized spacial score (nSPS) is 11.0. The molecule has 0 aliphatic rings. The highest BCUT2D eigenvalue weighted by atomic mass is 35.5. The molecule has 1 aromatic carbocycles. The van der Waals surface area contributed by atoms with Gasteiger partial charge in [0.05, 0.1) is 12.8 Å². The fourth-order valence-electron chi connectivity index (χ4n) is 3.42. The minimum atomic E-state index is -0.141. The average molecular weight is 371 g/mol. The van der Waals surface area contributed by atoms with Gasteiger partial charge in [-0.1, -0.05) is 18.0 Å². The number of pyridine rings is 1. The number of carbonyl (C=O) groups excluding carboxylic acids is 1. The van der Waals surface area contributed by atoms with Crippen molar-refractivity contribution in [2.45, 2.75) is 39.2 Å². The number of aryl methyl sites for hydroxylation is 2. The molecule has 0 N–H and O–H groups in total. The standard InChI is InChI=1S/C21H23ClN2O2/c1-15-18-13-17(22)9-10-19(18)24(12-5-3-4-8-20(25)26-2)21(15)16-7-6-11-23-14-16/h6-7,9-11,13-14H,3-5,8,12H2,1-2H3. The third-order valence-electron chi connectivity index (χ3n) is 4.70. The van der Waals surface area contributed by atoms with Crippen molar-refractivity contribution in [3.8, 4) is 11.3 Å². The SMILES string of the molecule is COC(=O)CCCCCn1c(-c2cccnc2)c(C)c2cc(Cl)ccc21. The fourth-order valence-corrected chi connectivity index (χ4v) is 3.59. The summed E-state index contributed by atoms with van der Waals surface area (Å²) in [6, 6.07) is 10.1. The summed E-state index contributed by atoms with van der Waals surface area (Å²) in [7, 11) is 1.43. The van der Waals surface area contributed by atoms with Crippen LogP contribution in [0.5, 0.6) is 0 Å². The maximum atomic E-state index is 11.2. The van der Waals surface area contributed by atoms with Crippen LogP contribution in [-0.2, 0) is 16.1 Å². The van der Waals surface area contributed by atoms with E-state index in [-0.39, 0.29) is 5.97 Å². The molecule has 0 bridgehead atoms. The first-order chi connectivity index (χ1) is 12.6. The minimum Gasteiger partial charge on any atom is -0.469 e. The smallest absolute Gasteiger partial charge is 0.305 e. The van der Waals surface area contributed by atoms with Crippen molar-refractivity contribution in [1.82, 2.24) is 9.55 Å². The van der Waals surface area contributed by atoms with E-state index in [0.717, 1.165) is 36.4 Å². The lowest BCUT2D eigenvalue weighted by Crippen LogP contribution is -2.03. The van der Waals surface area contributed by atoms with Gasteiger partial charge in [-0.05, 0) is 55.7 Å². The van der Waals surface area contributed by atoms with Gasteiger partial charge in [0, 0.05) is 46.8 Å². The summed E-state index contributed by atoms with van der Waals surface area (Å²) in [4.78, 5) is 15.5. The summed E-state index contributed by atoms with van der Waals surface area (Å²) in [6.45, 7) is 3.02. The number of methoxy groups -OCH3 is 1. The summed E-state index contributed by atoms with van der Waals surface area (Å²) in [5.41, 5.74) is 4.68. The molecular weight excluding hydrogens is 348 g/mol. The quantitative estimate of drug-likeness (QED) is 0.413. The highest BCUT2D eigenvalue weighted by Crippen LogP contribution is 2.34. The van der Waals surface area contributed by atoms with Crippen LogP contribution >= 0.6 is 11.6 Å². The monoisotopic (exact) mass is 370 g/mol. The zero-order chi connectivity index (χ0) is 18.5. The number of hydrogen-bond donors (Lipinski definition) is 0. The number of nitrogens with zero attached hydrogens (tertiary/aromatic N) is 2. The van der Waals surface area contributed by atoms with Gasteiger partial charge in [0.15, 0.2) is 0 Å². The first kappa shape index (κ1) is 18.5. The van der Waals surface area contributed by atoms with Crippen LogP contribution in [0.25, 0.3) is 22.2 Å². The second-order valence-corrected chi connectivity index (χ2v) is 6.85. The molecule has 26 heavy (non-hydrogen) atoms. The number of benzene rings is 1. The number of halogens is 1. The topological polar surface area (TPSA) is 44.1 Å². The summed E-state index contributed by atoms with van der Waals surface area (Å²) in [6.07, 6.45) is 6.99. The number of ether oxygens (including phenoxy) is 1. The van der Waals surface area contributed by atoms with Gasteiger partial charge in [0.25, 0.3) is 0 Å². The molecule has 0 saturated carbocycles. The van der Waals surface area contributed by atoms with E-state index in [9.17, 15) is 4.79 Å². The largest absolute Gasteiger partial charge is 0.469 e. The second-order valence-electron chi connectivity index (χ2n) is 6.42. The Labute approximate surface area is 158 Å².